The van der Waals surface area contributed by atoms with Crippen molar-refractivity contribution in [3.05, 3.63) is 56.5 Å². The van der Waals surface area contributed by atoms with Crippen molar-refractivity contribution in [1.29, 1.82) is 0 Å². The maximum Gasteiger partial charge on any atom is 0.316 e. The molecule has 2 rings (SSSR count). The number of para-hydroxylation sites is 1. The zero-order valence-electron chi connectivity index (χ0n) is 10.7. The number of aryl methyl sites for hydroxylation is 1. The third-order valence-electron chi connectivity index (χ3n) is 2.70. The van der Waals surface area contributed by atoms with E-state index in [1.807, 2.05) is 25.1 Å². The lowest BCUT2D eigenvalue weighted by Crippen LogP contribution is -2.10. The van der Waals surface area contributed by atoms with Gasteiger partial charge in [-0.05, 0) is 42.8 Å². The van der Waals surface area contributed by atoms with Crippen LogP contribution < -0.4 is 16.6 Å². The molecule has 0 radical (unpaired) electrons. The Balaban J connectivity index is 2.45. The van der Waals surface area contributed by atoms with Gasteiger partial charge in [0.15, 0.2) is 0 Å². The molecule has 2 aromatic rings. The molecule has 0 amide bonds. The zero-order chi connectivity index (χ0) is 14.7. The Morgan fingerprint density at radius 3 is 2.55 bits per heavy atom. The third kappa shape index (κ3) is 3.06. The molecule has 0 bridgehead atoms. The second-order valence-corrected chi connectivity index (χ2v) is 5.16. The summed E-state index contributed by atoms with van der Waals surface area (Å²) in [6.45, 7) is 1.95. The molecule has 0 fully saturated rings. The Labute approximate surface area is 124 Å². The molecule has 0 spiro atoms. The van der Waals surface area contributed by atoms with Crippen molar-refractivity contribution in [3.8, 4) is 0 Å². The van der Waals surface area contributed by atoms with Crippen LogP contribution in [0.1, 0.15) is 5.56 Å². The minimum atomic E-state index is -0.470. The van der Waals surface area contributed by atoms with E-state index in [2.05, 4.69) is 26.7 Å². The molecular formula is C13H13BrN4O2. The first kappa shape index (κ1) is 14.3. The highest BCUT2D eigenvalue weighted by molar-refractivity contribution is 9.10. The number of nitro benzene ring substituents is 1. The van der Waals surface area contributed by atoms with Gasteiger partial charge in [-0.25, -0.2) is 0 Å². The van der Waals surface area contributed by atoms with E-state index in [0.29, 0.717) is 5.69 Å². The van der Waals surface area contributed by atoms with E-state index in [0.717, 1.165) is 15.7 Å². The monoisotopic (exact) mass is 336 g/mol. The number of nitrogens with zero attached hydrogens (tertiary/aromatic N) is 1. The molecule has 0 atom stereocenters. The van der Waals surface area contributed by atoms with Gasteiger partial charge in [0.2, 0.25) is 0 Å². The predicted octanol–water partition coefficient (Wildman–Crippen LogP) is 3.69. The van der Waals surface area contributed by atoms with Crippen molar-refractivity contribution in [1.82, 2.24) is 0 Å². The lowest BCUT2D eigenvalue weighted by Gasteiger charge is -2.11. The normalized spacial score (nSPS) is 10.2. The summed E-state index contributed by atoms with van der Waals surface area (Å²) in [7, 11) is 0. The molecule has 104 valence electrons. The number of nitrogens with two attached hydrogens (primary N) is 1. The molecule has 0 aliphatic carbocycles. The largest absolute Gasteiger partial charge is 0.350 e. The fourth-order valence-corrected chi connectivity index (χ4v) is 2.53. The van der Waals surface area contributed by atoms with E-state index in [4.69, 9.17) is 5.84 Å². The van der Waals surface area contributed by atoms with Gasteiger partial charge in [-0.15, -0.1) is 0 Å². The maximum atomic E-state index is 11.2. The molecule has 0 saturated heterocycles. The van der Waals surface area contributed by atoms with Crippen LogP contribution in [0.3, 0.4) is 0 Å². The Morgan fingerprint density at radius 2 is 1.95 bits per heavy atom. The number of hydrazine groups is 1. The quantitative estimate of drug-likeness (QED) is 0.449. The Hall–Kier alpha value is -2.12. The van der Waals surface area contributed by atoms with E-state index >= 15 is 0 Å². The van der Waals surface area contributed by atoms with E-state index in [1.165, 1.54) is 0 Å². The van der Waals surface area contributed by atoms with Crippen LogP contribution in [0.5, 0.6) is 0 Å². The van der Waals surface area contributed by atoms with Crippen LogP contribution in [0, 0.1) is 17.0 Å². The first-order valence-electron chi connectivity index (χ1n) is 5.79. The highest BCUT2D eigenvalue weighted by Crippen LogP contribution is 2.34. The van der Waals surface area contributed by atoms with Gasteiger partial charge < -0.3 is 10.7 Å². The molecule has 0 aliphatic rings. The molecule has 0 aromatic heterocycles. The van der Waals surface area contributed by atoms with Gasteiger partial charge in [0.1, 0.15) is 11.4 Å². The average molecular weight is 337 g/mol. The van der Waals surface area contributed by atoms with Gasteiger partial charge in [0.25, 0.3) is 0 Å². The zero-order valence-corrected chi connectivity index (χ0v) is 12.3. The van der Waals surface area contributed by atoms with Gasteiger partial charge in [-0.2, -0.15) is 0 Å². The van der Waals surface area contributed by atoms with Crippen molar-refractivity contribution >= 4 is 38.7 Å². The number of anilines is 3. The smallest absolute Gasteiger partial charge is 0.316 e. The van der Waals surface area contributed by atoms with Gasteiger partial charge >= 0.3 is 5.69 Å². The molecule has 20 heavy (non-hydrogen) atoms. The summed E-state index contributed by atoms with van der Waals surface area (Å²) in [4.78, 5) is 10.7. The van der Waals surface area contributed by atoms with Gasteiger partial charge in [-0.1, -0.05) is 22.0 Å². The van der Waals surface area contributed by atoms with Gasteiger partial charge in [0, 0.05) is 10.2 Å². The summed E-state index contributed by atoms with van der Waals surface area (Å²) in [5.74, 6) is 5.31. The van der Waals surface area contributed by atoms with Crippen molar-refractivity contribution in [2.24, 2.45) is 5.84 Å². The number of rotatable bonds is 4. The highest BCUT2D eigenvalue weighted by atomic mass is 79.9. The lowest BCUT2D eigenvalue weighted by molar-refractivity contribution is -0.383. The molecule has 0 heterocycles. The Bertz CT molecular complexity index is 641. The van der Waals surface area contributed by atoms with E-state index in [1.54, 1.807) is 18.2 Å². The fourth-order valence-electron chi connectivity index (χ4n) is 1.92. The van der Waals surface area contributed by atoms with Crippen LogP contribution in [0.15, 0.2) is 40.9 Å². The summed E-state index contributed by atoms with van der Waals surface area (Å²) in [5, 5.41) is 14.2. The number of halogens is 1. The van der Waals surface area contributed by atoms with Crippen molar-refractivity contribution in [2.45, 2.75) is 6.92 Å². The Kier molecular flexibility index (Phi) is 4.21. The minimum absolute atomic E-state index is 0.0902. The van der Waals surface area contributed by atoms with Crippen LogP contribution in [0.4, 0.5) is 22.7 Å². The number of nitrogen functional groups attached to an aromatic ring is 1. The Morgan fingerprint density at radius 1 is 1.25 bits per heavy atom. The third-order valence-corrected chi connectivity index (χ3v) is 3.15. The summed E-state index contributed by atoms with van der Waals surface area (Å²) in [5.41, 5.74) is 4.68. The van der Waals surface area contributed by atoms with Crippen molar-refractivity contribution in [2.75, 3.05) is 10.7 Å². The molecular weight excluding hydrogens is 324 g/mol. The molecule has 0 aliphatic heterocycles. The number of benzene rings is 2. The van der Waals surface area contributed by atoms with Crippen LogP contribution in [0.2, 0.25) is 0 Å². The van der Waals surface area contributed by atoms with Gasteiger partial charge in [-0.3, -0.25) is 16.0 Å². The predicted molar refractivity (Wildman–Crippen MR) is 83.1 cm³/mol. The van der Waals surface area contributed by atoms with Crippen LogP contribution in [0.25, 0.3) is 0 Å². The van der Waals surface area contributed by atoms with Crippen LogP contribution in [-0.4, -0.2) is 4.92 Å². The highest BCUT2D eigenvalue weighted by Gasteiger charge is 2.19. The molecule has 7 heteroatoms. The minimum Gasteiger partial charge on any atom is -0.350 e. The van der Waals surface area contributed by atoms with Crippen molar-refractivity contribution < 1.29 is 4.92 Å². The second-order valence-electron chi connectivity index (χ2n) is 4.25. The number of nitrogens with one attached hydrogen (secondary N) is 2. The summed E-state index contributed by atoms with van der Waals surface area (Å²) in [6.07, 6.45) is 0. The van der Waals surface area contributed by atoms with E-state index in [9.17, 15) is 10.1 Å². The number of hydrogen-bond donors (Lipinski definition) is 3. The maximum absolute atomic E-state index is 11.2. The summed E-state index contributed by atoms with van der Waals surface area (Å²) < 4.78 is 0.899. The fraction of sp³-hybridized carbons (Fsp3) is 0.0769. The number of hydrogen-bond acceptors (Lipinski definition) is 5. The van der Waals surface area contributed by atoms with Crippen molar-refractivity contribution in [3.63, 3.8) is 0 Å². The second kappa shape index (κ2) is 5.89. The van der Waals surface area contributed by atoms with Crippen LogP contribution in [-0.2, 0) is 0 Å². The first-order chi connectivity index (χ1) is 9.51. The topological polar surface area (TPSA) is 93.2 Å². The summed E-state index contributed by atoms with van der Waals surface area (Å²) >= 11 is 3.40. The molecule has 0 saturated carbocycles. The molecule has 2 aromatic carbocycles. The summed E-state index contributed by atoms with van der Waals surface area (Å²) in [6, 6.07) is 10.6. The molecule has 0 unspecified atom stereocenters. The number of nitro groups is 1. The van der Waals surface area contributed by atoms with Crippen LogP contribution >= 0.6 is 15.9 Å². The first-order valence-corrected chi connectivity index (χ1v) is 6.59. The van der Waals surface area contributed by atoms with E-state index in [-0.39, 0.29) is 11.4 Å². The average Bonchev–Trinajstić information content (AvgIpc) is 2.36. The van der Waals surface area contributed by atoms with E-state index < -0.39 is 4.92 Å². The lowest BCUT2D eigenvalue weighted by atomic mass is 10.2. The SMILES string of the molecule is Cc1cc(Br)cc(Nc2cccc(NN)c2[N+](=O)[O-])c1. The molecule has 4 N–H and O–H groups in total. The van der Waals surface area contributed by atoms with Gasteiger partial charge in [0.05, 0.1) is 4.92 Å². The standard InChI is InChI=1S/C13H13BrN4O2/c1-8-5-9(14)7-10(6-8)16-11-3-2-4-12(17-15)13(11)18(19)20/h2-7,16-17H,15H2,1H3. The molecule has 6 nitrogen and oxygen atoms in total.